The van der Waals surface area contributed by atoms with Crippen LogP contribution in [0.15, 0.2) is 54.6 Å². The fourth-order valence-electron chi connectivity index (χ4n) is 3.10. The molecule has 0 spiro atoms. The number of aryl methyl sites for hydroxylation is 1. The number of carbonyl (C=O) groups excluding carboxylic acids is 1. The lowest BCUT2D eigenvalue weighted by molar-refractivity contribution is -0.121. The second kappa shape index (κ2) is 9.73. The first-order valence-corrected chi connectivity index (χ1v) is 11.5. The number of nitrogens with zero attached hydrogens (tertiary/aromatic N) is 1. The van der Waals surface area contributed by atoms with E-state index in [1.54, 1.807) is 31.2 Å². The van der Waals surface area contributed by atoms with Gasteiger partial charge in [0.15, 0.2) is 0 Å². The van der Waals surface area contributed by atoms with Gasteiger partial charge in [0.2, 0.25) is 15.9 Å². The molecule has 1 atom stereocenters. The van der Waals surface area contributed by atoms with Crippen molar-refractivity contribution in [2.45, 2.75) is 45.6 Å². The number of carbonyl (C=O) groups is 1. The zero-order valence-electron chi connectivity index (χ0n) is 17.1. The van der Waals surface area contributed by atoms with Crippen molar-refractivity contribution in [2.24, 2.45) is 0 Å². The standard InChI is InChI=1S/C22H30N2O3S/c1-17(2)20-14-12-19(13-15-20)9-8-16-23-22(25)18(3)24(28(4,26)27)21-10-6-5-7-11-21/h5-7,10-15,17-18H,8-9,16H2,1-4H3,(H,23,25)/t18-/m0/s1. The Labute approximate surface area is 168 Å². The second-order valence-corrected chi connectivity index (χ2v) is 9.22. The van der Waals surface area contributed by atoms with Crippen LogP contribution < -0.4 is 9.62 Å². The number of sulfonamides is 1. The Morgan fingerprint density at radius 2 is 1.61 bits per heavy atom. The molecule has 2 aromatic rings. The fourth-order valence-corrected chi connectivity index (χ4v) is 4.28. The summed E-state index contributed by atoms with van der Waals surface area (Å²) in [7, 11) is -3.57. The van der Waals surface area contributed by atoms with Crippen LogP contribution in [0.2, 0.25) is 0 Å². The number of anilines is 1. The molecule has 1 amide bonds. The third-order valence-corrected chi connectivity index (χ3v) is 5.93. The molecule has 0 saturated carbocycles. The van der Waals surface area contributed by atoms with E-state index < -0.39 is 16.1 Å². The Morgan fingerprint density at radius 1 is 1.00 bits per heavy atom. The minimum atomic E-state index is -3.57. The average Bonchev–Trinajstić information content (AvgIpc) is 2.65. The van der Waals surface area contributed by atoms with Gasteiger partial charge in [0.1, 0.15) is 6.04 Å². The molecule has 0 saturated heterocycles. The quantitative estimate of drug-likeness (QED) is 0.650. The van der Waals surface area contributed by atoms with E-state index in [4.69, 9.17) is 0 Å². The normalized spacial score (nSPS) is 12.6. The molecule has 0 aromatic heterocycles. The first-order chi connectivity index (χ1) is 13.2. The summed E-state index contributed by atoms with van der Waals surface area (Å²) in [6.07, 6.45) is 2.77. The number of hydrogen-bond acceptors (Lipinski definition) is 3. The van der Waals surface area contributed by atoms with Crippen molar-refractivity contribution in [1.29, 1.82) is 0 Å². The van der Waals surface area contributed by atoms with Crippen molar-refractivity contribution in [3.05, 3.63) is 65.7 Å². The second-order valence-electron chi connectivity index (χ2n) is 7.36. The van der Waals surface area contributed by atoms with Crippen LogP contribution in [0.4, 0.5) is 5.69 Å². The summed E-state index contributed by atoms with van der Waals surface area (Å²) in [4.78, 5) is 12.5. The highest BCUT2D eigenvalue weighted by molar-refractivity contribution is 7.92. The Kier molecular flexibility index (Phi) is 7.63. The maximum Gasteiger partial charge on any atom is 0.243 e. The van der Waals surface area contributed by atoms with E-state index in [0.29, 0.717) is 18.2 Å². The lowest BCUT2D eigenvalue weighted by Gasteiger charge is -2.28. The van der Waals surface area contributed by atoms with Crippen LogP contribution in [0.25, 0.3) is 0 Å². The summed E-state index contributed by atoms with van der Waals surface area (Å²) < 4.78 is 25.6. The van der Waals surface area contributed by atoms with E-state index in [0.717, 1.165) is 23.4 Å². The molecule has 0 aliphatic heterocycles. The zero-order chi connectivity index (χ0) is 20.7. The van der Waals surface area contributed by atoms with Crippen molar-refractivity contribution in [1.82, 2.24) is 5.32 Å². The molecule has 0 fully saturated rings. The molecule has 28 heavy (non-hydrogen) atoms. The van der Waals surface area contributed by atoms with E-state index >= 15 is 0 Å². The Morgan fingerprint density at radius 3 is 2.14 bits per heavy atom. The summed E-state index contributed by atoms with van der Waals surface area (Å²) >= 11 is 0. The summed E-state index contributed by atoms with van der Waals surface area (Å²) in [5.74, 6) is 0.210. The highest BCUT2D eigenvalue weighted by Crippen LogP contribution is 2.20. The molecule has 0 heterocycles. The van der Waals surface area contributed by atoms with Gasteiger partial charge in [-0.2, -0.15) is 0 Å². The lowest BCUT2D eigenvalue weighted by Crippen LogP contribution is -2.48. The van der Waals surface area contributed by atoms with Crippen LogP contribution in [0, 0.1) is 0 Å². The molecule has 0 unspecified atom stereocenters. The molecule has 5 nitrogen and oxygen atoms in total. The van der Waals surface area contributed by atoms with Gasteiger partial charge in [-0.05, 0) is 48.9 Å². The van der Waals surface area contributed by atoms with Gasteiger partial charge in [0.05, 0.1) is 11.9 Å². The van der Waals surface area contributed by atoms with Crippen LogP contribution in [-0.2, 0) is 21.2 Å². The summed E-state index contributed by atoms with van der Waals surface area (Å²) in [5.41, 5.74) is 3.03. The van der Waals surface area contributed by atoms with Crippen LogP contribution in [0.1, 0.15) is 44.2 Å². The predicted molar refractivity (Wildman–Crippen MR) is 115 cm³/mol. The number of rotatable bonds is 9. The van der Waals surface area contributed by atoms with Gasteiger partial charge in [0.25, 0.3) is 0 Å². The van der Waals surface area contributed by atoms with Gasteiger partial charge in [-0.1, -0.05) is 56.3 Å². The van der Waals surface area contributed by atoms with Crippen LogP contribution >= 0.6 is 0 Å². The van der Waals surface area contributed by atoms with Crippen LogP contribution in [0.5, 0.6) is 0 Å². The number of hydrogen-bond donors (Lipinski definition) is 1. The van der Waals surface area contributed by atoms with Gasteiger partial charge in [-0.3, -0.25) is 9.10 Å². The molecule has 2 aromatic carbocycles. The first kappa shape index (κ1) is 22.0. The molecular weight excluding hydrogens is 372 g/mol. The smallest absolute Gasteiger partial charge is 0.243 e. The SMILES string of the molecule is CC(C)c1ccc(CCCNC(=O)[C@H](C)N(c2ccccc2)S(C)(=O)=O)cc1. The summed E-state index contributed by atoms with van der Waals surface area (Å²) in [5, 5.41) is 2.86. The first-order valence-electron chi connectivity index (χ1n) is 9.61. The molecule has 1 N–H and O–H groups in total. The van der Waals surface area contributed by atoms with Crippen LogP contribution in [-0.4, -0.2) is 33.2 Å². The summed E-state index contributed by atoms with van der Waals surface area (Å²) in [6, 6.07) is 16.4. The molecular formula is C22H30N2O3S. The third-order valence-electron chi connectivity index (χ3n) is 4.69. The van der Waals surface area contributed by atoms with E-state index in [1.807, 2.05) is 6.07 Å². The molecule has 0 radical (unpaired) electrons. The van der Waals surface area contributed by atoms with E-state index in [-0.39, 0.29) is 5.91 Å². The minimum absolute atomic E-state index is 0.301. The number of para-hydroxylation sites is 1. The monoisotopic (exact) mass is 402 g/mol. The van der Waals surface area contributed by atoms with Gasteiger partial charge >= 0.3 is 0 Å². The van der Waals surface area contributed by atoms with Crippen molar-refractivity contribution < 1.29 is 13.2 Å². The molecule has 2 rings (SSSR count). The largest absolute Gasteiger partial charge is 0.354 e. The van der Waals surface area contributed by atoms with E-state index in [2.05, 4.69) is 43.4 Å². The minimum Gasteiger partial charge on any atom is -0.354 e. The third kappa shape index (κ3) is 6.09. The summed E-state index contributed by atoms with van der Waals surface area (Å²) in [6.45, 7) is 6.44. The molecule has 0 aliphatic rings. The lowest BCUT2D eigenvalue weighted by atomic mass is 10.0. The zero-order valence-corrected chi connectivity index (χ0v) is 17.9. The van der Waals surface area contributed by atoms with E-state index in [9.17, 15) is 13.2 Å². The topological polar surface area (TPSA) is 66.5 Å². The molecule has 0 bridgehead atoms. The van der Waals surface area contributed by atoms with E-state index in [1.165, 1.54) is 11.1 Å². The van der Waals surface area contributed by atoms with Gasteiger partial charge in [-0.25, -0.2) is 8.42 Å². The number of benzene rings is 2. The highest BCUT2D eigenvalue weighted by atomic mass is 32.2. The van der Waals surface area contributed by atoms with Crippen molar-refractivity contribution in [2.75, 3.05) is 17.1 Å². The van der Waals surface area contributed by atoms with Crippen molar-refractivity contribution in [3.8, 4) is 0 Å². The number of amides is 1. The van der Waals surface area contributed by atoms with Crippen LogP contribution in [0.3, 0.4) is 0 Å². The molecule has 152 valence electrons. The van der Waals surface area contributed by atoms with Crippen molar-refractivity contribution in [3.63, 3.8) is 0 Å². The Hall–Kier alpha value is -2.34. The maximum atomic E-state index is 12.5. The Balaban J connectivity index is 1.90. The fraction of sp³-hybridized carbons (Fsp3) is 0.409. The molecule has 6 heteroatoms. The highest BCUT2D eigenvalue weighted by Gasteiger charge is 2.28. The van der Waals surface area contributed by atoms with Gasteiger partial charge in [-0.15, -0.1) is 0 Å². The van der Waals surface area contributed by atoms with Gasteiger partial charge < -0.3 is 5.32 Å². The Bertz CT molecular complexity index is 862. The average molecular weight is 403 g/mol. The predicted octanol–water partition coefficient (Wildman–Crippen LogP) is 3.71. The van der Waals surface area contributed by atoms with Crippen molar-refractivity contribution >= 4 is 21.6 Å². The maximum absolute atomic E-state index is 12.5. The molecule has 0 aliphatic carbocycles. The number of nitrogens with one attached hydrogen (secondary N) is 1. The van der Waals surface area contributed by atoms with Gasteiger partial charge in [0, 0.05) is 6.54 Å².